The molecule has 1 fully saturated rings. The number of benzene rings is 3. The highest BCUT2D eigenvalue weighted by molar-refractivity contribution is 6.30. The molecule has 6 rings (SSSR count). The van der Waals surface area contributed by atoms with Crippen molar-refractivity contribution in [2.24, 2.45) is 20.0 Å². The average Bonchev–Trinajstić information content (AvgIpc) is 3.27. The van der Waals surface area contributed by atoms with E-state index in [-0.39, 0.29) is 34.4 Å². The van der Waals surface area contributed by atoms with Crippen molar-refractivity contribution in [1.82, 2.24) is 18.9 Å². The summed E-state index contributed by atoms with van der Waals surface area (Å²) in [6.45, 7) is 3.79. The lowest BCUT2D eigenvalue weighted by atomic mass is 9.82. The third kappa shape index (κ3) is 5.51. The van der Waals surface area contributed by atoms with Gasteiger partial charge in [0.25, 0.3) is 5.56 Å². The highest BCUT2D eigenvalue weighted by Gasteiger charge is 2.38. The fourth-order valence-corrected chi connectivity index (χ4v) is 5.98. The van der Waals surface area contributed by atoms with Gasteiger partial charge < -0.3 is 9.47 Å². The number of hydrogen-bond acceptors (Lipinski definition) is 7. The Balaban J connectivity index is 1.28. The smallest absolute Gasteiger partial charge is 0.335 e. The van der Waals surface area contributed by atoms with E-state index < -0.39 is 23.0 Å². The minimum atomic E-state index is -0.578. The lowest BCUT2D eigenvalue weighted by Gasteiger charge is -2.33. The van der Waals surface area contributed by atoms with Gasteiger partial charge in [0.2, 0.25) is 11.7 Å². The van der Waals surface area contributed by atoms with E-state index in [0.717, 1.165) is 10.1 Å². The molecule has 2 aromatic heterocycles. The molecule has 0 saturated heterocycles. The van der Waals surface area contributed by atoms with E-state index in [0.29, 0.717) is 46.9 Å². The highest BCUT2D eigenvalue weighted by Crippen LogP contribution is 2.34. The van der Waals surface area contributed by atoms with Crippen molar-refractivity contribution in [3.05, 3.63) is 121 Å². The summed E-state index contributed by atoms with van der Waals surface area (Å²) in [4.78, 5) is 54.2. The summed E-state index contributed by atoms with van der Waals surface area (Å²) < 4.78 is 15.5. The van der Waals surface area contributed by atoms with Crippen molar-refractivity contribution in [2.75, 3.05) is 0 Å². The summed E-state index contributed by atoms with van der Waals surface area (Å²) in [6, 6.07) is 19.4. The molecular formula is C34H31ClN4O6. The molecule has 0 aliphatic heterocycles. The number of rotatable bonds is 8. The van der Waals surface area contributed by atoms with Gasteiger partial charge in [-0.15, -0.1) is 0 Å². The van der Waals surface area contributed by atoms with Crippen LogP contribution in [0, 0.1) is 19.8 Å². The number of halogens is 1. The molecule has 11 heteroatoms. The Kier molecular flexibility index (Phi) is 8.03. The zero-order valence-electron chi connectivity index (χ0n) is 25.2. The molecule has 0 bridgehead atoms. The van der Waals surface area contributed by atoms with E-state index in [2.05, 4.69) is 5.10 Å². The predicted octanol–water partition coefficient (Wildman–Crippen LogP) is 4.82. The molecule has 5 aromatic rings. The molecular weight excluding hydrogens is 596 g/mol. The Morgan fingerprint density at radius 3 is 2.42 bits per heavy atom. The van der Waals surface area contributed by atoms with E-state index in [9.17, 15) is 19.2 Å². The third-order valence-electron chi connectivity index (χ3n) is 8.36. The Morgan fingerprint density at radius 1 is 0.978 bits per heavy atom. The molecule has 0 unspecified atom stereocenters. The van der Waals surface area contributed by atoms with E-state index in [1.165, 1.54) is 15.3 Å². The van der Waals surface area contributed by atoms with Crippen LogP contribution in [0.4, 0.5) is 0 Å². The number of fused-ring (bicyclic) bond motifs is 1. The van der Waals surface area contributed by atoms with Gasteiger partial charge in [0.05, 0.1) is 40.9 Å². The van der Waals surface area contributed by atoms with Gasteiger partial charge in [0.15, 0.2) is 0 Å². The maximum absolute atomic E-state index is 14.1. The summed E-state index contributed by atoms with van der Waals surface area (Å²) in [5.41, 5.74) is 1.73. The van der Waals surface area contributed by atoms with Crippen LogP contribution >= 0.6 is 11.6 Å². The zero-order chi connectivity index (χ0) is 32.0. The van der Waals surface area contributed by atoms with E-state index in [1.807, 2.05) is 30.3 Å². The van der Waals surface area contributed by atoms with Gasteiger partial charge >= 0.3 is 11.7 Å². The number of nitrogens with zero attached hydrogens (tertiary/aromatic N) is 4. The third-order valence-corrected chi connectivity index (χ3v) is 8.60. The second-order valence-electron chi connectivity index (χ2n) is 11.3. The summed E-state index contributed by atoms with van der Waals surface area (Å²) in [7, 11) is 3.16. The Bertz CT molecular complexity index is 2090. The van der Waals surface area contributed by atoms with Crippen molar-refractivity contribution in [3.63, 3.8) is 0 Å². The van der Waals surface area contributed by atoms with Gasteiger partial charge in [-0.3, -0.25) is 19.0 Å². The topological polar surface area (TPSA) is 114 Å². The molecule has 230 valence electrons. The number of aromatic nitrogens is 4. The number of hydrogen-bond donors (Lipinski definition) is 0. The van der Waals surface area contributed by atoms with Crippen molar-refractivity contribution >= 4 is 34.3 Å². The molecule has 1 saturated carbocycles. The molecule has 45 heavy (non-hydrogen) atoms. The van der Waals surface area contributed by atoms with E-state index in [1.54, 1.807) is 58.3 Å². The van der Waals surface area contributed by atoms with Crippen molar-refractivity contribution in [3.8, 4) is 11.6 Å². The average molecular weight is 627 g/mol. The molecule has 0 radical (unpaired) electrons. The number of aryl methyl sites for hydroxylation is 4. The molecule has 10 nitrogen and oxygen atoms in total. The lowest BCUT2D eigenvalue weighted by molar-refractivity contribution is -0.149. The van der Waals surface area contributed by atoms with Crippen LogP contribution in [0.5, 0.6) is 5.88 Å². The van der Waals surface area contributed by atoms with Crippen LogP contribution in [-0.4, -0.2) is 36.8 Å². The molecule has 0 atom stereocenters. The van der Waals surface area contributed by atoms with Crippen LogP contribution in [0.1, 0.15) is 45.6 Å². The summed E-state index contributed by atoms with van der Waals surface area (Å²) >= 11 is 6.15. The van der Waals surface area contributed by atoms with Crippen LogP contribution in [0.25, 0.3) is 16.6 Å². The SMILES string of the molecule is Cc1nn(C)c(OC(=O)C2CC(OCc3ccccc3)C2)c1C(=O)c1ccc2c(c1C)c(=O)n(-c1cccc(Cl)c1)c(=O)n2C. The Hall–Kier alpha value is -4.80. The van der Waals surface area contributed by atoms with E-state index >= 15 is 0 Å². The second-order valence-corrected chi connectivity index (χ2v) is 11.8. The van der Waals surface area contributed by atoms with Gasteiger partial charge in [-0.1, -0.05) is 48.0 Å². The van der Waals surface area contributed by atoms with Crippen LogP contribution < -0.4 is 16.0 Å². The molecule has 1 aliphatic rings. The van der Waals surface area contributed by atoms with Gasteiger partial charge in [0, 0.05) is 24.7 Å². The fourth-order valence-electron chi connectivity index (χ4n) is 5.80. The normalized spacial score (nSPS) is 16.0. The van der Waals surface area contributed by atoms with Crippen molar-refractivity contribution in [2.45, 2.75) is 39.4 Å². The number of carbonyl (C=O) groups is 2. The number of ether oxygens (including phenoxy) is 2. The molecule has 2 heterocycles. The molecule has 1 aliphatic carbocycles. The Labute approximate surface area is 263 Å². The van der Waals surface area contributed by atoms with Crippen LogP contribution in [-0.2, 0) is 30.2 Å². The van der Waals surface area contributed by atoms with Gasteiger partial charge in [-0.2, -0.15) is 5.10 Å². The molecule has 3 aromatic carbocycles. The van der Waals surface area contributed by atoms with Crippen LogP contribution in [0.15, 0.2) is 76.3 Å². The first kappa shape index (κ1) is 30.2. The maximum Gasteiger partial charge on any atom is 0.335 e. The summed E-state index contributed by atoms with van der Waals surface area (Å²) in [5, 5.41) is 4.94. The minimum Gasteiger partial charge on any atom is -0.407 e. The first-order chi connectivity index (χ1) is 21.5. The quantitative estimate of drug-likeness (QED) is 0.179. The number of ketones is 1. The zero-order valence-corrected chi connectivity index (χ0v) is 26.0. The lowest BCUT2D eigenvalue weighted by Crippen LogP contribution is -2.38. The Morgan fingerprint density at radius 2 is 1.71 bits per heavy atom. The maximum atomic E-state index is 14.1. The number of carbonyl (C=O) groups excluding carboxylic acids is 2. The standard InChI is InChI=1S/C34H31ClN4O6/c1-19-26(13-14-27-28(19)31(41)39(34(43)37(27)3)24-12-8-11-23(35)17-24)30(40)29-20(2)36-38(4)32(29)45-33(42)22-15-25(16-22)44-18-21-9-6-5-7-10-21/h5-14,17,22,25H,15-16,18H2,1-4H3. The fraction of sp³-hybridized carbons (Fsp3) is 0.265. The predicted molar refractivity (Wildman–Crippen MR) is 169 cm³/mol. The summed E-state index contributed by atoms with van der Waals surface area (Å²) in [6.07, 6.45) is 0.990. The van der Waals surface area contributed by atoms with E-state index in [4.69, 9.17) is 21.1 Å². The summed E-state index contributed by atoms with van der Waals surface area (Å²) in [5.74, 6) is -1.24. The monoisotopic (exact) mass is 626 g/mol. The van der Waals surface area contributed by atoms with Gasteiger partial charge in [-0.25, -0.2) is 14.0 Å². The van der Waals surface area contributed by atoms with Crippen molar-refractivity contribution < 1.29 is 19.1 Å². The second kappa shape index (κ2) is 11.9. The highest BCUT2D eigenvalue weighted by atomic mass is 35.5. The van der Waals surface area contributed by atoms with Gasteiger partial charge in [-0.05, 0) is 68.1 Å². The minimum absolute atomic E-state index is 0.0347. The van der Waals surface area contributed by atoms with Crippen molar-refractivity contribution in [1.29, 1.82) is 0 Å². The molecule has 0 spiro atoms. The first-order valence-electron chi connectivity index (χ1n) is 14.5. The molecule has 0 N–H and O–H groups in total. The first-order valence-corrected chi connectivity index (χ1v) is 14.9. The largest absolute Gasteiger partial charge is 0.407 e. The molecule has 0 amide bonds. The van der Waals surface area contributed by atoms with Crippen LogP contribution in [0.3, 0.4) is 0 Å². The number of esters is 1. The van der Waals surface area contributed by atoms with Crippen LogP contribution in [0.2, 0.25) is 5.02 Å². The van der Waals surface area contributed by atoms with Gasteiger partial charge in [0.1, 0.15) is 5.56 Å².